The Balaban J connectivity index is 1.06. The predicted octanol–water partition coefficient (Wildman–Crippen LogP) is 6.65. The second-order valence-corrected chi connectivity index (χ2v) is 17.4. The zero-order chi connectivity index (χ0) is 44.9. The van der Waals surface area contributed by atoms with Crippen molar-refractivity contribution in [2.75, 3.05) is 41.5 Å². The van der Waals surface area contributed by atoms with Gasteiger partial charge in [-0.25, -0.2) is 19.6 Å². The Morgan fingerprint density at radius 1 is 0.984 bits per heavy atom. The Kier molecular flexibility index (Phi) is 12.1. The smallest absolute Gasteiger partial charge is 0.407 e. The first-order chi connectivity index (χ1) is 30.2. The summed E-state index contributed by atoms with van der Waals surface area (Å²) in [5, 5.41) is 14.3. The molecular weight excluding hydrogens is 809 g/mol. The fraction of sp³-hybridized carbons (Fsp3) is 0.478. The number of likely N-dealkylation sites (N-methyl/N-ethyl adjacent to an activating group) is 1. The van der Waals surface area contributed by atoms with Crippen LogP contribution in [-0.2, 0) is 30.4 Å². The van der Waals surface area contributed by atoms with Gasteiger partial charge in [-0.1, -0.05) is 32.0 Å². The number of rotatable bonds is 12. The lowest BCUT2D eigenvalue weighted by Crippen LogP contribution is -2.54. The second kappa shape index (κ2) is 17.5. The van der Waals surface area contributed by atoms with Crippen LogP contribution < -0.4 is 10.1 Å². The minimum absolute atomic E-state index is 0.0619. The summed E-state index contributed by atoms with van der Waals surface area (Å²) in [4.78, 5) is 73.7. The number of imidazole rings is 2. The van der Waals surface area contributed by atoms with Crippen LogP contribution in [-0.4, -0.2) is 130 Å². The lowest BCUT2D eigenvalue weighted by Gasteiger charge is -2.36. The Hall–Kier alpha value is -6.20. The Morgan fingerprint density at radius 3 is 2.49 bits per heavy atom. The van der Waals surface area contributed by atoms with Crippen molar-refractivity contribution >= 4 is 45.8 Å². The van der Waals surface area contributed by atoms with E-state index in [0.717, 1.165) is 66.8 Å². The third-order valence-electron chi connectivity index (χ3n) is 13.1. The molecule has 3 aliphatic rings. The number of H-pyrrole nitrogens is 2. The van der Waals surface area contributed by atoms with E-state index in [1.54, 1.807) is 25.1 Å². The SMILES string of the molecule is COC[C@H]1C[C@@H](c2ncc(-c3ccc4c(c3)COc3cc5c(ccc6nc([C@@H]7CC[C@H](C)N7C(=O)[C@H](C(C)C)N(C)C(=O)O)[nH]c65)cc3-4)[nH]2)N(C(=O)[C@@H](NC(=O)OC)[C@H](C)OC)C1. The van der Waals surface area contributed by atoms with Crippen molar-refractivity contribution in [2.45, 2.75) is 89.9 Å². The van der Waals surface area contributed by atoms with E-state index in [9.17, 15) is 24.3 Å². The number of carbonyl (C=O) groups is 4. The minimum Gasteiger partial charge on any atom is -0.488 e. The zero-order valence-corrected chi connectivity index (χ0v) is 36.9. The van der Waals surface area contributed by atoms with Gasteiger partial charge in [0.15, 0.2) is 0 Å². The molecule has 0 bridgehead atoms. The van der Waals surface area contributed by atoms with Gasteiger partial charge in [0.1, 0.15) is 36.1 Å². The predicted molar refractivity (Wildman–Crippen MR) is 234 cm³/mol. The van der Waals surface area contributed by atoms with Crippen molar-refractivity contribution in [3.8, 4) is 28.1 Å². The van der Waals surface area contributed by atoms with Crippen LogP contribution in [0.25, 0.3) is 44.2 Å². The number of likely N-dealkylation sites (tertiary alicyclic amines) is 2. The molecule has 0 unspecified atom stereocenters. The Bertz CT molecular complexity index is 2550. The fourth-order valence-electron chi connectivity index (χ4n) is 9.75. The highest BCUT2D eigenvalue weighted by molar-refractivity contribution is 6.07. The Labute approximate surface area is 365 Å². The molecule has 63 heavy (non-hydrogen) atoms. The van der Waals surface area contributed by atoms with Crippen LogP contribution >= 0.6 is 0 Å². The summed E-state index contributed by atoms with van der Waals surface area (Å²) < 4.78 is 22.2. The molecule has 7 atom stereocenters. The number of methoxy groups -OCH3 is 3. The van der Waals surface area contributed by atoms with Crippen LogP contribution in [0.4, 0.5) is 9.59 Å². The summed E-state index contributed by atoms with van der Waals surface area (Å²) >= 11 is 0. The van der Waals surface area contributed by atoms with Gasteiger partial charge in [0.25, 0.3) is 0 Å². The highest BCUT2D eigenvalue weighted by atomic mass is 16.5. The van der Waals surface area contributed by atoms with Gasteiger partial charge in [0.05, 0.1) is 54.8 Å². The van der Waals surface area contributed by atoms with E-state index >= 15 is 0 Å². The van der Waals surface area contributed by atoms with Crippen LogP contribution in [0.15, 0.2) is 48.7 Å². The minimum atomic E-state index is -1.14. The maximum Gasteiger partial charge on any atom is 0.407 e. The molecule has 0 radical (unpaired) electrons. The highest BCUT2D eigenvalue weighted by Crippen LogP contribution is 2.44. The number of hydrogen-bond donors (Lipinski definition) is 4. The highest BCUT2D eigenvalue weighted by Gasteiger charge is 2.44. The quantitative estimate of drug-likeness (QED) is 0.105. The third-order valence-corrected chi connectivity index (χ3v) is 13.1. The number of nitrogens with zero attached hydrogens (tertiary/aromatic N) is 5. The number of aromatic nitrogens is 4. The molecule has 334 valence electrons. The van der Waals surface area contributed by atoms with Crippen molar-refractivity contribution < 1.29 is 43.2 Å². The lowest BCUT2D eigenvalue weighted by molar-refractivity contribution is -0.140. The van der Waals surface area contributed by atoms with Gasteiger partial charge in [-0.15, -0.1) is 0 Å². The number of nitrogens with one attached hydrogen (secondary N) is 3. The maximum absolute atomic E-state index is 14.0. The van der Waals surface area contributed by atoms with E-state index < -0.39 is 30.4 Å². The molecule has 3 aliphatic heterocycles. The Morgan fingerprint density at radius 2 is 1.78 bits per heavy atom. The number of amides is 4. The van der Waals surface area contributed by atoms with Gasteiger partial charge in [0.2, 0.25) is 11.8 Å². The van der Waals surface area contributed by atoms with Gasteiger partial charge in [0, 0.05) is 50.7 Å². The first-order valence-corrected chi connectivity index (χ1v) is 21.4. The van der Waals surface area contributed by atoms with Crippen molar-refractivity contribution in [3.05, 3.63) is 65.9 Å². The molecule has 2 fully saturated rings. The molecule has 4 amide bonds. The van der Waals surface area contributed by atoms with Crippen molar-refractivity contribution in [1.29, 1.82) is 0 Å². The summed E-state index contributed by atoms with van der Waals surface area (Å²) in [5.41, 5.74) is 6.35. The fourth-order valence-corrected chi connectivity index (χ4v) is 9.75. The summed E-state index contributed by atoms with van der Waals surface area (Å²) in [6.45, 7) is 8.70. The summed E-state index contributed by atoms with van der Waals surface area (Å²) in [5.74, 6) is 1.39. The van der Waals surface area contributed by atoms with Crippen molar-refractivity contribution in [1.82, 2.24) is 40.0 Å². The number of carboxylic acid groups (broad SMARTS) is 1. The average molecular weight is 865 g/mol. The van der Waals surface area contributed by atoms with E-state index in [1.807, 2.05) is 43.9 Å². The van der Waals surface area contributed by atoms with Crippen LogP contribution in [0.3, 0.4) is 0 Å². The average Bonchev–Trinajstić information content (AvgIpc) is 4.10. The molecule has 0 spiro atoms. The van der Waals surface area contributed by atoms with Crippen LogP contribution in [0.5, 0.6) is 5.75 Å². The molecule has 2 saturated heterocycles. The number of alkyl carbamates (subject to hydrolysis) is 1. The molecule has 2 aromatic heterocycles. The molecule has 4 N–H and O–H groups in total. The van der Waals surface area contributed by atoms with Gasteiger partial charge in [-0.05, 0) is 85.4 Å². The van der Waals surface area contributed by atoms with Gasteiger partial charge >= 0.3 is 12.2 Å². The monoisotopic (exact) mass is 864 g/mol. The third kappa shape index (κ3) is 8.03. The molecule has 8 rings (SSSR count). The number of benzene rings is 3. The molecule has 17 heteroatoms. The van der Waals surface area contributed by atoms with Crippen LogP contribution in [0, 0.1) is 11.8 Å². The number of aromatic amines is 2. The summed E-state index contributed by atoms with van der Waals surface area (Å²) in [7, 11) is 5.83. The molecular formula is C46H56N8O9. The van der Waals surface area contributed by atoms with Gasteiger partial charge in [-0.3, -0.25) is 14.5 Å². The topological polar surface area (TPSA) is 205 Å². The van der Waals surface area contributed by atoms with Crippen LogP contribution in [0.1, 0.15) is 76.3 Å². The van der Waals surface area contributed by atoms with Crippen molar-refractivity contribution in [2.24, 2.45) is 11.8 Å². The van der Waals surface area contributed by atoms with E-state index in [-0.39, 0.29) is 41.8 Å². The standard InChI is InChI=1S/C46H56N8O9/c1-23(2)40(52(5)46(58)59)44(56)54-24(3)9-14-35(54)42-48-33-13-11-27-17-32-30-12-10-28(16-29(30)22-63-37(32)18-31(27)39(33)50-42)34-19-47-41(49-34)36-15-26(21-60-6)20-53(36)43(55)38(25(4)61-7)51-45(57)62-8/h10-13,16-19,23-26,35-36,38,40H,9,14-15,20-22H2,1-8H3,(H,47,49)(H,48,50)(H,51,57)(H,58,59)/t24-,25-,26-,35-,36-,38-,40-/m0/s1. The number of ether oxygens (including phenoxy) is 4. The van der Waals surface area contributed by atoms with E-state index in [2.05, 4.69) is 39.6 Å². The van der Waals surface area contributed by atoms with Gasteiger partial charge in [-0.2, -0.15) is 0 Å². The lowest BCUT2D eigenvalue weighted by atomic mass is 9.92. The van der Waals surface area contributed by atoms with Crippen LogP contribution in [0.2, 0.25) is 0 Å². The largest absolute Gasteiger partial charge is 0.488 e. The second-order valence-electron chi connectivity index (χ2n) is 17.4. The summed E-state index contributed by atoms with van der Waals surface area (Å²) in [6, 6.07) is 11.9. The molecule has 0 aliphatic carbocycles. The van der Waals surface area contributed by atoms with Crippen molar-refractivity contribution in [3.63, 3.8) is 0 Å². The zero-order valence-electron chi connectivity index (χ0n) is 36.9. The normalized spacial score (nSPS) is 20.9. The molecule has 17 nitrogen and oxygen atoms in total. The number of fused-ring (bicyclic) bond motifs is 6. The molecule has 5 aromatic rings. The van der Waals surface area contributed by atoms with E-state index in [4.69, 9.17) is 28.9 Å². The van der Waals surface area contributed by atoms with E-state index in [1.165, 1.54) is 21.3 Å². The first kappa shape index (κ1) is 43.4. The molecule has 3 aromatic carbocycles. The molecule has 0 saturated carbocycles. The number of carbonyl (C=O) groups excluding carboxylic acids is 3. The molecule has 5 heterocycles. The maximum atomic E-state index is 14.0. The first-order valence-electron chi connectivity index (χ1n) is 21.4. The van der Waals surface area contributed by atoms with E-state index in [0.29, 0.717) is 44.2 Å². The number of hydrogen-bond acceptors (Lipinski definition) is 10. The summed E-state index contributed by atoms with van der Waals surface area (Å²) in [6.07, 6.45) is 1.42. The van der Waals surface area contributed by atoms with Gasteiger partial charge < -0.3 is 49.1 Å².